The molecule has 12 heavy (non-hydrogen) atoms. The summed E-state index contributed by atoms with van der Waals surface area (Å²) in [5, 5.41) is 10.3. The lowest BCUT2D eigenvalue weighted by atomic mass is 10.1. The summed E-state index contributed by atoms with van der Waals surface area (Å²) in [5.74, 6) is 0. The van der Waals surface area contributed by atoms with Crippen molar-refractivity contribution < 1.29 is 5.11 Å². The zero-order valence-electron chi connectivity index (χ0n) is 6.50. The summed E-state index contributed by atoms with van der Waals surface area (Å²) < 4.78 is 0. The van der Waals surface area contributed by atoms with Crippen molar-refractivity contribution in [3.8, 4) is 0 Å². The smallest absolute Gasteiger partial charge is 0.0946 e. The Labute approximate surface area is 76.0 Å². The fourth-order valence-corrected chi connectivity index (χ4v) is 1.83. The highest BCUT2D eigenvalue weighted by Gasteiger charge is 2.27. The molecular formula is C9H10ClNO. The normalized spacial score (nSPS) is 27.2. The molecule has 0 fully saturated rings. The van der Waals surface area contributed by atoms with E-state index in [1.54, 1.807) is 6.07 Å². The van der Waals surface area contributed by atoms with E-state index in [4.69, 9.17) is 17.3 Å². The number of rotatable bonds is 0. The number of aliphatic hydroxyl groups is 1. The molecule has 3 N–H and O–H groups in total. The molecular weight excluding hydrogens is 174 g/mol. The standard InChI is InChI=1S/C9H10ClNO/c10-6-1-2-7-5(3-6)4-8(11)9(7)12/h1-3,8-9,12H,4,11H2/t8-,9-/m1/s1. The molecule has 0 spiro atoms. The highest BCUT2D eigenvalue weighted by Crippen LogP contribution is 2.31. The van der Waals surface area contributed by atoms with Crippen molar-refractivity contribution in [1.82, 2.24) is 0 Å². The molecule has 3 heteroatoms. The fraction of sp³-hybridized carbons (Fsp3) is 0.333. The maximum Gasteiger partial charge on any atom is 0.0946 e. The van der Waals surface area contributed by atoms with Crippen LogP contribution in [0.5, 0.6) is 0 Å². The highest BCUT2D eigenvalue weighted by atomic mass is 35.5. The highest BCUT2D eigenvalue weighted by molar-refractivity contribution is 6.30. The second-order valence-corrected chi connectivity index (χ2v) is 3.59. The number of hydrogen-bond acceptors (Lipinski definition) is 2. The number of aliphatic hydroxyl groups excluding tert-OH is 1. The Morgan fingerprint density at radius 3 is 3.00 bits per heavy atom. The minimum Gasteiger partial charge on any atom is -0.387 e. The van der Waals surface area contributed by atoms with Gasteiger partial charge in [0.1, 0.15) is 0 Å². The summed E-state index contributed by atoms with van der Waals surface area (Å²) in [5.41, 5.74) is 7.68. The van der Waals surface area contributed by atoms with Crippen molar-refractivity contribution in [2.75, 3.05) is 0 Å². The summed E-state index contributed by atoms with van der Waals surface area (Å²) in [4.78, 5) is 0. The average Bonchev–Trinajstić information content (AvgIpc) is 2.28. The van der Waals surface area contributed by atoms with Gasteiger partial charge >= 0.3 is 0 Å². The van der Waals surface area contributed by atoms with Crippen LogP contribution in [0.15, 0.2) is 18.2 Å². The predicted octanol–water partition coefficient (Wildman–Crippen LogP) is 1.26. The Bertz CT molecular complexity index is 313. The second-order valence-electron chi connectivity index (χ2n) is 3.16. The first-order valence-electron chi connectivity index (χ1n) is 3.90. The van der Waals surface area contributed by atoms with E-state index in [2.05, 4.69) is 0 Å². The predicted molar refractivity (Wildman–Crippen MR) is 48.1 cm³/mol. The molecule has 0 saturated heterocycles. The van der Waals surface area contributed by atoms with E-state index in [9.17, 15) is 5.11 Å². The van der Waals surface area contributed by atoms with Gasteiger partial charge in [-0.05, 0) is 29.7 Å². The van der Waals surface area contributed by atoms with Gasteiger partial charge in [-0.2, -0.15) is 0 Å². The van der Waals surface area contributed by atoms with Crippen LogP contribution in [0.4, 0.5) is 0 Å². The van der Waals surface area contributed by atoms with Crippen molar-refractivity contribution in [1.29, 1.82) is 0 Å². The zero-order valence-corrected chi connectivity index (χ0v) is 7.25. The third kappa shape index (κ3) is 1.12. The molecule has 0 bridgehead atoms. The Morgan fingerprint density at radius 1 is 1.50 bits per heavy atom. The Balaban J connectivity index is 2.47. The Hall–Kier alpha value is -0.570. The first-order chi connectivity index (χ1) is 5.68. The first-order valence-corrected chi connectivity index (χ1v) is 4.28. The maximum absolute atomic E-state index is 9.57. The van der Waals surface area contributed by atoms with E-state index in [1.807, 2.05) is 12.1 Å². The quantitative estimate of drug-likeness (QED) is 0.636. The minimum atomic E-state index is -0.516. The molecule has 1 aromatic carbocycles. The molecule has 2 rings (SSSR count). The molecule has 2 nitrogen and oxygen atoms in total. The molecule has 1 aliphatic rings. The van der Waals surface area contributed by atoms with Gasteiger partial charge in [-0.25, -0.2) is 0 Å². The lowest BCUT2D eigenvalue weighted by molar-refractivity contribution is 0.159. The van der Waals surface area contributed by atoms with Gasteiger partial charge in [-0.1, -0.05) is 17.7 Å². The van der Waals surface area contributed by atoms with Crippen LogP contribution in [0.3, 0.4) is 0 Å². The van der Waals surface area contributed by atoms with Gasteiger partial charge in [-0.3, -0.25) is 0 Å². The summed E-state index contributed by atoms with van der Waals surface area (Å²) in [6.07, 6.45) is 0.203. The van der Waals surface area contributed by atoms with Crippen LogP contribution in [0, 0.1) is 0 Å². The molecule has 0 heterocycles. The van der Waals surface area contributed by atoms with E-state index in [0.29, 0.717) is 5.02 Å². The van der Waals surface area contributed by atoms with E-state index in [0.717, 1.165) is 17.5 Å². The molecule has 0 unspecified atom stereocenters. The van der Waals surface area contributed by atoms with Crippen molar-refractivity contribution in [2.45, 2.75) is 18.6 Å². The SMILES string of the molecule is N[C@@H]1Cc2cc(Cl)ccc2[C@H]1O. The molecule has 1 aliphatic carbocycles. The molecule has 0 aromatic heterocycles. The number of halogens is 1. The van der Waals surface area contributed by atoms with Crippen molar-refractivity contribution in [3.05, 3.63) is 34.3 Å². The second kappa shape index (κ2) is 2.73. The maximum atomic E-state index is 9.57. The van der Waals surface area contributed by atoms with Crippen molar-refractivity contribution in [3.63, 3.8) is 0 Å². The zero-order chi connectivity index (χ0) is 8.72. The van der Waals surface area contributed by atoms with Crippen LogP contribution < -0.4 is 5.73 Å². The van der Waals surface area contributed by atoms with Crippen LogP contribution in [-0.4, -0.2) is 11.1 Å². The third-order valence-corrected chi connectivity index (χ3v) is 2.52. The van der Waals surface area contributed by atoms with E-state index in [-0.39, 0.29) is 6.04 Å². The van der Waals surface area contributed by atoms with Gasteiger partial charge in [0.2, 0.25) is 0 Å². The topological polar surface area (TPSA) is 46.2 Å². The van der Waals surface area contributed by atoms with Crippen LogP contribution in [0.2, 0.25) is 5.02 Å². The lowest BCUT2D eigenvalue weighted by Crippen LogP contribution is -2.24. The van der Waals surface area contributed by atoms with Crippen molar-refractivity contribution in [2.24, 2.45) is 5.73 Å². The van der Waals surface area contributed by atoms with Crippen LogP contribution in [0.1, 0.15) is 17.2 Å². The summed E-state index contributed by atoms with van der Waals surface area (Å²) >= 11 is 5.80. The monoisotopic (exact) mass is 183 g/mol. The molecule has 0 aliphatic heterocycles. The van der Waals surface area contributed by atoms with E-state index >= 15 is 0 Å². The van der Waals surface area contributed by atoms with Gasteiger partial charge in [0.05, 0.1) is 6.10 Å². The number of benzene rings is 1. The molecule has 0 amide bonds. The molecule has 1 aromatic rings. The summed E-state index contributed by atoms with van der Waals surface area (Å²) in [6.45, 7) is 0. The third-order valence-electron chi connectivity index (χ3n) is 2.28. The molecule has 0 saturated carbocycles. The van der Waals surface area contributed by atoms with Crippen molar-refractivity contribution >= 4 is 11.6 Å². The molecule has 64 valence electrons. The van der Waals surface area contributed by atoms with Crippen LogP contribution >= 0.6 is 11.6 Å². The lowest BCUT2D eigenvalue weighted by Gasteiger charge is -2.07. The van der Waals surface area contributed by atoms with Gasteiger partial charge < -0.3 is 10.8 Å². The fourth-order valence-electron chi connectivity index (χ4n) is 1.64. The first kappa shape index (κ1) is 8.05. The van der Waals surface area contributed by atoms with Gasteiger partial charge in [0.25, 0.3) is 0 Å². The molecule has 0 radical (unpaired) electrons. The minimum absolute atomic E-state index is 0.168. The molecule has 2 atom stereocenters. The van der Waals surface area contributed by atoms with Crippen LogP contribution in [-0.2, 0) is 6.42 Å². The Morgan fingerprint density at radius 2 is 2.25 bits per heavy atom. The largest absolute Gasteiger partial charge is 0.387 e. The number of hydrogen-bond donors (Lipinski definition) is 2. The summed E-state index contributed by atoms with van der Waals surface area (Å²) in [6, 6.07) is 5.32. The number of nitrogens with two attached hydrogens (primary N) is 1. The van der Waals surface area contributed by atoms with Gasteiger partial charge in [0.15, 0.2) is 0 Å². The van der Waals surface area contributed by atoms with E-state index in [1.165, 1.54) is 0 Å². The van der Waals surface area contributed by atoms with Gasteiger partial charge in [0, 0.05) is 11.1 Å². The van der Waals surface area contributed by atoms with Crippen LogP contribution in [0.25, 0.3) is 0 Å². The Kier molecular flexibility index (Phi) is 1.83. The van der Waals surface area contributed by atoms with Gasteiger partial charge in [-0.15, -0.1) is 0 Å². The average molecular weight is 184 g/mol. The summed E-state index contributed by atoms with van der Waals surface area (Å²) in [7, 11) is 0. The number of fused-ring (bicyclic) bond motifs is 1. The van der Waals surface area contributed by atoms with E-state index < -0.39 is 6.10 Å².